The fourth-order valence-electron chi connectivity index (χ4n) is 2.76. The van der Waals surface area contributed by atoms with Crippen molar-refractivity contribution in [2.24, 2.45) is 11.8 Å². The Labute approximate surface area is 151 Å². The number of nitrogens with one attached hydrogen (secondary N) is 1. The molecule has 0 aliphatic carbocycles. The Kier molecular flexibility index (Phi) is 5.73. The molecule has 1 aliphatic rings. The Morgan fingerprint density at radius 2 is 1.96 bits per heavy atom. The Hall–Kier alpha value is -1.67. The van der Waals surface area contributed by atoms with E-state index in [0.29, 0.717) is 15.6 Å². The highest BCUT2D eigenvalue weighted by atomic mass is 35.5. The number of alkyl halides is 3. The van der Waals surface area contributed by atoms with E-state index < -0.39 is 49.1 Å². The van der Waals surface area contributed by atoms with Crippen LogP contribution in [0.15, 0.2) is 18.2 Å². The first-order chi connectivity index (χ1) is 11.5. The smallest absolute Gasteiger partial charge is 0.394 e. The van der Waals surface area contributed by atoms with Crippen molar-refractivity contribution < 1.29 is 27.9 Å². The fraction of sp³-hybridized carbons (Fsp3) is 0.467. The first-order valence-corrected chi connectivity index (χ1v) is 8.06. The number of halogens is 5. The van der Waals surface area contributed by atoms with Gasteiger partial charge in [0, 0.05) is 23.1 Å². The monoisotopic (exact) mass is 398 g/mol. The minimum atomic E-state index is -4.69. The normalized spacial score (nSPS) is 21.9. The van der Waals surface area contributed by atoms with Gasteiger partial charge in [0.1, 0.15) is 0 Å². The van der Waals surface area contributed by atoms with Gasteiger partial charge >= 0.3 is 18.2 Å². The second kappa shape index (κ2) is 7.29. The molecule has 3 atom stereocenters. The summed E-state index contributed by atoms with van der Waals surface area (Å²) in [7, 11) is 0. The van der Waals surface area contributed by atoms with Gasteiger partial charge in [0.05, 0.1) is 17.9 Å². The number of carbonyl (C=O) groups excluding carboxylic acids is 1. The van der Waals surface area contributed by atoms with E-state index in [-0.39, 0.29) is 0 Å². The molecule has 0 saturated carbocycles. The molecule has 2 N–H and O–H groups in total. The average Bonchev–Trinajstić information content (AvgIpc) is 2.92. The van der Waals surface area contributed by atoms with Crippen LogP contribution in [0.4, 0.5) is 18.0 Å². The lowest BCUT2D eigenvalue weighted by atomic mass is 9.96. The topological polar surface area (TPSA) is 69.6 Å². The standard InChI is InChI=1S/C15H15Cl2F3N2O3/c1-7(9-3-2-8(16)4-12(9)17)21-14(25)22-5-10(13(23)24)11(6-22)15(18,19)20/h2-4,7,10-11H,5-6H2,1H3,(H,21,25)(H,23,24)/t7-,10-,11-/m1/s1. The third kappa shape index (κ3) is 4.49. The van der Waals surface area contributed by atoms with Crippen LogP contribution in [-0.2, 0) is 4.79 Å². The molecule has 2 amide bonds. The van der Waals surface area contributed by atoms with Crippen molar-refractivity contribution in [3.05, 3.63) is 33.8 Å². The first-order valence-electron chi connectivity index (χ1n) is 7.30. The van der Waals surface area contributed by atoms with Crippen LogP contribution in [0.2, 0.25) is 10.0 Å². The molecule has 0 aromatic heterocycles. The van der Waals surface area contributed by atoms with Gasteiger partial charge in [-0.2, -0.15) is 13.2 Å². The van der Waals surface area contributed by atoms with Gasteiger partial charge in [-0.25, -0.2) is 4.79 Å². The number of rotatable bonds is 3. The van der Waals surface area contributed by atoms with Crippen LogP contribution in [-0.4, -0.2) is 41.3 Å². The van der Waals surface area contributed by atoms with Crippen LogP contribution in [0, 0.1) is 11.8 Å². The van der Waals surface area contributed by atoms with Crippen molar-refractivity contribution in [2.75, 3.05) is 13.1 Å². The number of urea groups is 1. The van der Waals surface area contributed by atoms with Crippen molar-refractivity contribution in [3.63, 3.8) is 0 Å². The molecular formula is C15H15Cl2F3N2O3. The third-order valence-electron chi connectivity index (χ3n) is 4.11. The highest BCUT2D eigenvalue weighted by Crippen LogP contribution is 2.38. The SMILES string of the molecule is C[C@@H](NC(=O)N1C[C@@H](C(F)(F)F)[C@H](C(=O)O)C1)c1ccc(Cl)cc1Cl. The molecule has 1 aliphatic heterocycles. The van der Waals surface area contributed by atoms with Crippen LogP contribution >= 0.6 is 23.2 Å². The number of benzene rings is 1. The van der Waals surface area contributed by atoms with Crippen LogP contribution in [0.25, 0.3) is 0 Å². The second-order valence-electron chi connectivity index (χ2n) is 5.83. The van der Waals surface area contributed by atoms with Gasteiger partial charge in [0.15, 0.2) is 0 Å². The van der Waals surface area contributed by atoms with Crippen LogP contribution in [0.1, 0.15) is 18.5 Å². The number of carbonyl (C=O) groups is 2. The lowest BCUT2D eigenvalue weighted by Crippen LogP contribution is -2.40. The zero-order chi connectivity index (χ0) is 18.9. The van der Waals surface area contributed by atoms with E-state index in [2.05, 4.69) is 5.32 Å². The van der Waals surface area contributed by atoms with Crippen molar-refractivity contribution in [3.8, 4) is 0 Å². The van der Waals surface area contributed by atoms with Gasteiger partial charge in [-0.15, -0.1) is 0 Å². The third-order valence-corrected chi connectivity index (χ3v) is 4.68. The van der Waals surface area contributed by atoms with E-state index in [1.807, 2.05) is 0 Å². The highest BCUT2D eigenvalue weighted by molar-refractivity contribution is 6.35. The van der Waals surface area contributed by atoms with E-state index in [0.717, 1.165) is 4.90 Å². The van der Waals surface area contributed by atoms with Gasteiger partial charge in [-0.05, 0) is 24.6 Å². The number of nitrogens with zero attached hydrogens (tertiary/aromatic N) is 1. The fourth-order valence-corrected chi connectivity index (χ4v) is 3.33. The lowest BCUT2D eigenvalue weighted by molar-refractivity contribution is -0.187. The molecule has 1 saturated heterocycles. The summed E-state index contributed by atoms with van der Waals surface area (Å²) in [5.41, 5.74) is 0.542. The first kappa shape index (κ1) is 19.7. The number of carboxylic acid groups (broad SMARTS) is 1. The summed E-state index contributed by atoms with van der Waals surface area (Å²) >= 11 is 11.8. The number of likely N-dealkylation sites (tertiary alicyclic amines) is 1. The van der Waals surface area contributed by atoms with Crippen LogP contribution < -0.4 is 5.32 Å². The van der Waals surface area contributed by atoms with Crippen molar-refractivity contribution in [1.29, 1.82) is 0 Å². The number of carboxylic acids is 1. The summed E-state index contributed by atoms with van der Waals surface area (Å²) in [6.45, 7) is 0.402. The predicted molar refractivity (Wildman–Crippen MR) is 85.7 cm³/mol. The van der Waals surface area contributed by atoms with Crippen LogP contribution in [0.5, 0.6) is 0 Å². The molecule has 1 heterocycles. The molecule has 1 fully saturated rings. The Morgan fingerprint density at radius 1 is 1.32 bits per heavy atom. The van der Waals surface area contributed by atoms with Gasteiger partial charge < -0.3 is 15.3 Å². The molecule has 2 rings (SSSR count). The number of hydrogen-bond acceptors (Lipinski definition) is 2. The van der Waals surface area contributed by atoms with Gasteiger partial charge in [-0.1, -0.05) is 29.3 Å². The molecule has 0 spiro atoms. The molecule has 1 aromatic carbocycles. The maximum atomic E-state index is 13.0. The maximum Gasteiger partial charge on any atom is 0.394 e. The summed E-state index contributed by atoms with van der Waals surface area (Å²) in [6, 6.07) is 3.28. The predicted octanol–water partition coefficient (Wildman–Crippen LogP) is 3.96. The van der Waals surface area contributed by atoms with Crippen LogP contribution in [0.3, 0.4) is 0 Å². The van der Waals surface area contributed by atoms with E-state index in [4.69, 9.17) is 28.3 Å². The molecular weight excluding hydrogens is 384 g/mol. The number of amides is 2. The summed E-state index contributed by atoms with van der Waals surface area (Å²) in [5, 5.41) is 12.2. The zero-order valence-corrected chi connectivity index (χ0v) is 14.5. The quantitative estimate of drug-likeness (QED) is 0.809. The Bertz CT molecular complexity index is 684. The van der Waals surface area contributed by atoms with E-state index >= 15 is 0 Å². The molecule has 10 heteroatoms. The molecule has 0 bridgehead atoms. The lowest BCUT2D eigenvalue weighted by Gasteiger charge is -2.22. The van der Waals surface area contributed by atoms with Gasteiger partial charge in [0.2, 0.25) is 0 Å². The molecule has 1 aromatic rings. The van der Waals surface area contributed by atoms with Gasteiger partial charge in [0.25, 0.3) is 0 Å². The second-order valence-corrected chi connectivity index (χ2v) is 6.68. The number of hydrogen-bond donors (Lipinski definition) is 2. The molecule has 0 radical (unpaired) electrons. The molecule has 25 heavy (non-hydrogen) atoms. The average molecular weight is 399 g/mol. The maximum absolute atomic E-state index is 13.0. The summed E-state index contributed by atoms with van der Waals surface area (Å²) < 4.78 is 38.9. The van der Waals surface area contributed by atoms with E-state index in [1.54, 1.807) is 19.1 Å². The van der Waals surface area contributed by atoms with E-state index in [1.165, 1.54) is 6.07 Å². The van der Waals surface area contributed by atoms with Crippen molar-refractivity contribution in [2.45, 2.75) is 19.1 Å². The summed E-state index contributed by atoms with van der Waals surface area (Å²) in [6.07, 6.45) is -4.69. The summed E-state index contributed by atoms with van der Waals surface area (Å²) in [5.74, 6) is -5.35. The Morgan fingerprint density at radius 3 is 2.44 bits per heavy atom. The van der Waals surface area contributed by atoms with Crippen molar-refractivity contribution in [1.82, 2.24) is 10.2 Å². The summed E-state index contributed by atoms with van der Waals surface area (Å²) in [4.78, 5) is 24.2. The van der Waals surface area contributed by atoms with Gasteiger partial charge in [-0.3, -0.25) is 4.79 Å². The largest absolute Gasteiger partial charge is 0.481 e. The molecule has 5 nitrogen and oxygen atoms in total. The molecule has 138 valence electrons. The van der Waals surface area contributed by atoms with E-state index in [9.17, 15) is 22.8 Å². The minimum Gasteiger partial charge on any atom is -0.481 e. The highest BCUT2D eigenvalue weighted by Gasteiger charge is 2.53. The molecule has 0 unspecified atom stereocenters. The zero-order valence-electron chi connectivity index (χ0n) is 13.0. The Balaban J connectivity index is 2.09. The minimum absolute atomic E-state index is 0.304. The number of aliphatic carboxylic acids is 1. The van der Waals surface area contributed by atoms with Crippen molar-refractivity contribution >= 4 is 35.2 Å².